The fraction of sp³-hybridized carbons (Fsp3) is 0.762. The quantitative estimate of drug-likeness (QED) is 0.249. The van der Waals surface area contributed by atoms with Crippen molar-refractivity contribution in [3.8, 4) is 0 Å². The molecule has 176 valence electrons. The van der Waals surface area contributed by atoms with Crippen molar-refractivity contribution in [2.45, 2.75) is 69.8 Å². The van der Waals surface area contributed by atoms with Crippen molar-refractivity contribution in [3.63, 3.8) is 0 Å². The molecule has 31 heavy (non-hydrogen) atoms. The van der Waals surface area contributed by atoms with Gasteiger partial charge in [-0.05, 0) is 23.5 Å². The molecule has 0 aromatic rings. The molecule has 10 nitrogen and oxygen atoms in total. The summed E-state index contributed by atoms with van der Waals surface area (Å²) in [6.45, 7) is 7.10. The summed E-state index contributed by atoms with van der Waals surface area (Å²) in [4.78, 5) is 12.1. The molecule has 0 amide bonds. The van der Waals surface area contributed by atoms with Crippen molar-refractivity contribution in [1.82, 2.24) is 0 Å². The third kappa shape index (κ3) is 5.11. The summed E-state index contributed by atoms with van der Waals surface area (Å²) >= 11 is 0. The van der Waals surface area contributed by atoms with Gasteiger partial charge in [-0.25, -0.2) is 0 Å². The Morgan fingerprint density at radius 2 is 1.90 bits per heavy atom. The lowest BCUT2D eigenvalue weighted by atomic mass is 9.86. The zero-order chi connectivity index (χ0) is 22.9. The minimum atomic E-state index is -1.54. The van der Waals surface area contributed by atoms with Gasteiger partial charge in [-0.2, -0.15) is 0 Å². The molecule has 0 unspecified atom stereocenters. The van der Waals surface area contributed by atoms with Crippen molar-refractivity contribution in [3.05, 3.63) is 24.0 Å². The number of hydrogen-bond donors (Lipinski definition) is 5. The number of fused-ring (bicyclic) bond motifs is 1. The van der Waals surface area contributed by atoms with Crippen LogP contribution in [0.4, 0.5) is 0 Å². The molecule has 1 saturated heterocycles. The average molecular weight is 444 g/mol. The smallest absolute Gasteiger partial charge is 0.309 e. The van der Waals surface area contributed by atoms with Crippen LogP contribution in [-0.2, 0) is 23.7 Å². The Balaban J connectivity index is 1.68. The molecule has 10 heteroatoms. The van der Waals surface area contributed by atoms with Crippen LogP contribution in [0.3, 0.4) is 0 Å². The summed E-state index contributed by atoms with van der Waals surface area (Å²) < 4.78 is 22.1. The van der Waals surface area contributed by atoms with E-state index in [1.807, 2.05) is 13.8 Å². The van der Waals surface area contributed by atoms with Gasteiger partial charge < -0.3 is 44.5 Å². The van der Waals surface area contributed by atoms with Gasteiger partial charge >= 0.3 is 5.97 Å². The minimum absolute atomic E-state index is 0.0729. The molecule has 0 radical (unpaired) electrons. The van der Waals surface area contributed by atoms with E-state index in [9.17, 15) is 30.3 Å². The van der Waals surface area contributed by atoms with Crippen LogP contribution in [0.25, 0.3) is 0 Å². The number of carbonyl (C=O) groups is 1. The maximum Gasteiger partial charge on any atom is 0.309 e. The largest absolute Gasteiger partial charge is 0.462 e. The molecular formula is C21H32O10. The molecule has 2 aliphatic heterocycles. The Labute approximate surface area is 180 Å². The van der Waals surface area contributed by atoms with Crippen LogP contribution in [0.1, 0.15) is 26.7 Å². The highest BCUT2D eigenvalue weighted by molar-refractivity contribution is 5.69. The zero-order valence-corrected chi connectivity index (χ0v) is 17.7. The van der Waals surface area contributed by atoms with Crippen molar-refractivity contribution in [2.75, 3.05) is 13.2 Å². The van der Waals surface area contributed by atoms with Crippen LogP contribution < -0.4 is 0 Å². The molecule has 2 heterocycles. The van der Waals surface area contributed by atoms with E-state index in [-0.39, 0.29) is 24.9 Å². The van der Waals surface area contributed by atoms with Gasteiger partial charge in [0.2, 0.25) is 6.29 Å². The van der Waals surface area contributed by atoms with Gasteiger partial charge in [-0.3, -0.25) is 4.79 Å². The maximum atomic E-state index is 12.1. The van der Waals surface area contributed by atoms with Gasteiger partial charge in [0.05, 0.1) is 31.5 Å². The van der Waals surface area contributed by atoms with Gasteiger partial charge in [-0.15, -0.1) is 0 Å². The summed E-state index contributed by atoms with van der Waals surface area (Å²) in [5.74, 6) is -0.993. The molecule has 5 N–H and O–H groups in total. The lowest BCUT2D eigenvalue weighted by Gasteiger charge is -2.40. The molecule has 2 fully saturated rings. The summed E-state index contributed by atoms with van der Waals surface area (Å²) in [6, 6.07) is 0. The molecule has 9 atom stereocenters. The Bertz CT molecular complexity index is 690. The number of ether oxygens (including phenoxy) is 4. The van der Waals surface area contributed by atoms with Crippen LogP contribution in [0.5, 0.6) is 0 Å². The van der Waals surface area contributed by atoms with Crippen LogP contribution in [0, 0.1) is 17.8 Å². The van der Waals surface area contributed by atoms with Gasteiger partial charge in [0.1, 0.15) is 24.4 Å². The first-order valence-electron chi connectivity index (χ1n) is 10.5. The lowest BCUT2D eigenvalue weighted by molar-refractivity contribution is -0.299. The first kappa shape index (κ1) is 24.1. The predicted octanol–water partition coefficient (Wildman–Crippen LogP) is -0.814. The molecule has 1 saturated carbocycles. The Morgan fingerprint density at radius 1 is 1.19 bits per heavy atom. The summed E-state index contributed by atoms with van der Waals surface area (Å²) in [5.41, 5.74) is 1.14. The highest BCUT2D eigenvalue weighted by Crippen LogP contribution is 2.46. The Kier molecular flexibility index (Phi) is 7.74. The van der Waals surface area contributed by atoms with E-state index in [0.29, 0.717) is 17.6 Å². The average Bonchev–Trinajstić information content (AvgIpc) is 3.01. The Morgan fingerprint density at radius 3 is 2.55 bits per heavy atom. The number of hydrogen-bond acceptors (Lipinski definition) is 10. The maximum absolute atomic E-state index is 12.1. The van der Waals surface area contributed by atoms with E-state index in [2.05, 4.69) is 6.58 Å². The molecule has 0 spiro atoms. The van der Waals surface area contributed by atoms with Gasteiger partial charge in [-0.1, -0.05) is 20.4 Å². The second-order valence-electron chi connectivity index (χ2n) is 8.75. The van der Waals surface area contributed by atoms with Crippen molar-refractivity contribution in [1.29, 1.82) is 0 Å². The van der Waals surface area contributed by atoms with Crippen molar-refractivity contribution in [2.24, 2.45) is 17.8 Å². The highest BCUT2D eigenvalue weighted by Gasteiger charge is 2.49. The molecule has 0 aromatic carbocycles. The first-order valence-corrected chi connectivity index (χ1v) is 10.5. The van der Waals surface area contributed by atoms with E-state index in [0.717, 1.165) is 0 Å². The monoisotopic (exact) mass is 444 g/mol. The third-order valence-corrected chi connectivity index (χ3v) is 5.98. The predicted molar refractivity (Wildman–Crippen MR) is 105 cm³/mol. The van der Waals surface area contributed by atoms with Crippen LogP contribution in [-0.4, -0.2) is 87.8 Å². The van der Waals surface area contributed by atoms with E-state index < -0.39 is 61.6 Å². The standard InChI is InChI=1S/C21H32O10/c1-9(2)4-15(24)31-20-16-10(3)13(23)5-12(16)11(7-28-20)8-29-21-19(27)18(26)17(25)14(6-22)30-21/h7,9,12-14,16-23,25-27H,3-6,8H2,1-2H3/t12-,13+,14-,16-,17-,18+,19-,20+,21-/m1/s1. The minimum Gasteiger partial charge on any atom is -0.462 e. The molecule has 1 aliphatic carbocycles. The van der Waals surface area contributed by atoms with Crippen molar-refractivity contribution >= 4 is 5.97 Å². The number of esters is 1. The highest BCUT2D eigenvalue weighted by atomic mass is 16.7. The van der Waals surface area contributed by atoms with Crippen molar-refractivity contribution < 1.29 is 49.3 Å². The number of carbonyl (C=O) groups excluding carboxylic acids is 1. The second kappa shape index (κ2) is 9.95. The van der Waals surface area contributed by atoms with Crippen LogP contribution in [0.2, 0.25) is 0 Å². The summed E-state index contributed by atoms with van der Waals surface area (Å²) in [6.07, 6.45) is -6.61. The number of aliphatic hydroxyl groups excluding tert-OH is 5. The topological polar surface area (TPSA) is 155 Å². The Hall–Kier alpha value is -1.53. The van der Waals surface area contributed by atoms with E-state index in [1.54, 1.807) is 0 Å². The fourth-order valence-corrected chi connectivity index (χ4v) is 4.23. The second-order valence-corrected chi connectivity index (χ2v) is 8.75. The van der Waals surface area contributed by atoms with Crippen LogP contribution in [0.15, 0.2) is 24.0 Å². The SMILES string of the molecule is C=C1[C@H]2[C@H](OC(=O)CC(C)C)OC=C(CO[C@@H]3O[C@H](CO)[C@@H](O)[C@H](O)[C@H]3O)[C@H]2C[C@@H]1O. The summed E-state index contributed by atoms with van der Waals surface area (Å²) in [7, 11) is 0. The molecule has 3 rings (SSSR count). The number of rotatable bonds is 7. The van der Waals surface area contributed by atoms with Gasteiger partial charge in [0.15, 0.2) is 6.29 Å². The molecular weight excluding hydrogens is 412 g/mol. The normalized spacial score (nSPS) is 40.3. The van der Waals surface area contributed by atoms with E-state index in [1.165, 1.54) is 6.26 Å². The first-order chi connectivity index (χ1) is 14.6. The van der Waals surface area contributed by atoms with E-state index in [4.69, 9.17) is 18.9 Å². The fourth-order valence-electron chi connectivity index (χ4n) is 4.23. The van der Waals surface area contributed by atoms with Gasteiger partial charge in [0.25, 0.3) is 0 Å². The van der Waals surface area contributed by atoms with E-state index >= 15 is 0 Å². The summed E-state index contributed by atoms with van der Waals surface area (Å²) in [5, 5.41) is 49.5. The molecule has 3 aliphatic rings. The van der Waals surface area contributed by atoms with Gasteiger partial charge in [0, 0.05) is 12.3 Å². The lowest BCUT2D eigenvalue weighted by Crippen LogP contribution is -2.59. The molecule has 0 bridgehead atoms. The van der Waals surface area contributed by atoms with Crippen LogP contribution >= 0.6 is 0 Å². The molecule has 0 aromatic heterocycles. The number of aliphatic hydroxyl groups is 5. The zero-order valence-electron chi connectivity index (χ0n) is 17.7. The third-order valence-electron chi connectivity index (χ3n) is 5.98.